The molecule has 1 fully saturated rings. The van der Waals surface area contributed by atoms with Crippen LogP contribution in [0.5, 0.6) is 5.75 Å². The average Bonchev–Trinajstić information content (AvgIpc) is 3.19. The largest absolute Gasteiger partial charge is 0.491 e. The van der Waals surface area contributed by atoms with Gasteiger partial charge in [-0.15, -0.1) is 11.3 Å². The first-order valence-electron chi connectivity index (χ1n) is 9.17. The Morgan fingerprint density at radius 1 is 1.34 bits per heavy atom. The summed E-state index contributed by atoms with van der Waals surface area (Å²) in [4.78, 5) is 5.53. The molecule has 0 amide bonds. The summed E-state index contributed by atoms with van der Waals surface area (Å²) in [6, 6.07) is 7.51. The number of alkyl halides is 3. The van der Waals surface area contributed by atoms with Gasteiger partial charge in [-0.3, -0.25) is 4.90 Å². The Balaban J connectivity index is 1.64. The van der Waals surface area contributed by atoms with E-state index in [1.807, 2.05) is 36.1 Å². The van der Waals surface area contributed by atoms with Gasteiger partial charge in [-0.25, -0.2) is 4.98 Å². The van der Waals surface area contributed by atoms with Crippen molar-refractivity contribution in [3.63, 3.8) is 0 Å². The van der Waals surface area contributed by atoms with Gasteiger partial charge < -0.3 is 19.7 Å². The lowest BCUT2D eigenvalue weighted by Gasteiger charge is -2.41. The molecule has 2 aromatic rings. The predicted octanol–water partition coefficient (Wildman–Crippen LogP) is 2.64. The number of thiazole rings is 1. The highest BCUT2D eigenvalue weighted by molar-refractivity contribution is 7.09. The lowest BCUT2D eigenvalue weighted by atomic mass is 10.0. The van der Waals surface area contributed by atoms with Crippen LogP contribution in [0.25, 0.3) is 0 Å². The fourth-order valence-electron chi connectivity index (χ4n) is 3.20. The SMILES string of the molecule is CC(Cc1ccc(OCCO)cc1)N1CCOC(O)(c2csc(C(F)(F)F)n2)C1. The molecule has 1 saturated heterocycles. The number of aromatic nitrogens is 1. The number of hydrogen-bond donors (Lipinski definition) is 2. The minimum atomic E-state index is -4.55. The molecule has 2 atom stereocenters. The quantitative estimate of drug-likeness (QED) is 0.701. The molecule has 2 N–H and O–H groups in total. The topological polar surface area (TPSA) is 75.1 Å². The van der Waals surface area contributed by atoms with E-state index < -0.39 is 17.0 Å². The number of ether oxygens (including phenoxy) is 2. The van der Waals surface area contributed by atoms with Crippen LogP contribution in [-0.4, -0.2) is 59.0 Å². The zero-order valence-corrected chi connectivity index (χ0v) is 16.7. The molecule has 1 aliphatic rings. The maximum absolute atomic E-state index is 12.8. The number of aliphatic hydroxyl groups excluding tert-OH is 1. The van der Waals surface area contributed by atoms with E-state index >= 15 is 0 Å². The third kappa shape index (κ3) is 5.46. The molecular formula is C19H23F3N2O4S. The van der Waals surface area contributed by atoms with Gasteiger partial charge in [0, 0.05) is 18.0 Å². The Morgan fingerprint density at radius 2 is 2.07 bits per heavy atom. The van der Waals surface area contributed by atoms with E-state index in [-0.39, 0.29) is 38.1 Å². The molecule has 6 nitrogen and oxygen atoms in total. The van der Waals surface area contributed by atoms with Crippen LogP contribution in [-0.2, 0) is 23.1 Å². The zero-order chi connectivity index (χ0) is 21.1. The van der Waals surface area contributed by atoms with Gasteiger partial charge in [0.15, 0.2) is 5.01 Å². The molecule has 29 heavy (non-hydrogen) atoms. The molecule has 0 bridgehead atoms. The van der Waals surface area contributed by atoms with Gasteiger partial charge >= 0.3 is 6.18 Å². The zero-order valence-electron chi connectivity index (χ0n) is 15.9. The van der Waals surface area contributed by atoms with Crippen LogP contribution in [0.15, 0.2) is 29.6 Å². The molecule has 0 saturated carbocycles. The standard InChI is InChI=1S/C19H23F3N2O4S/c1-13(10-14-2-4-15(5-3-14)27-9-7-25)24-6-8-28-18(26,12-24)16-11-29-17(23-16)19(20,21)22/h2-5,11,13,25-26H,6-10,12H2,1H3. The van der Waals surface area contributed by atoms with Crippen molar-refractivity contribution < 1.29 is 32.9 Å². The van der Waals surface area contributed by atoms with Crippen molar-refractivity contribution in [1.82, 2.24) is 9.88 Å². The number of nitrogens with zero attached hydrogens (tertiary/aromatic N) is 2. The Morgan fingerprint density at radius 3 is 2.69 bits per heavy atom. The number of rotatable bonds is 7. The van der Waals surface area contributed by atoms with Crippen LogP contribution < -0.4 is 4.74 Å². The summed E-state index contributed by atoms with van der Waals surface area (Å²) in [5.41, 5.74) is 0.939. The van der Waals surface area contributed by atoms with Crippen molar-refractivity contribution in [2.45, 2.75) is 31.3 Å². The Labute approximate surface area is 170 Å². The van der Waals surface area contributed by atoms with Crippen LogP contribution >= 0.6 is 11.3 Å². The molecule has 1 aromatic heterocycles. The highest BCUT2D eigenvalue weighted by Gasteiger charge is 2.42. The first-order chi connectivity index (χ1) is 13.7. The fraction of sp³-hybridized carbons (Fsp3) is 0.526. The van der Waals surface area contributed by atoms with Gasteiger partial charge in [-0.2, -0.15) is 13.2 Å². The second kappa shape index (κ2) is 8.97. The van der Waals surface area contributed by atoms with Crippen molar-refractivity contribution in [2.24, 2.45) is 0 Å². The first-order valence-corrected chi connectivity index (χ1v) is 10.1. The number of β-amino-alcohol motifs (C(OH)–C–C–N with tert-alkyl or cyclic N) is 1. The maximum Gasteiger partial charge on any atom is 0.443 e. The van der Waals surface area contributed by atoms with Crippen LogP contribution in [0.2, 0.25) is 0 Å². The van der Waals surface area contributed by atoms with E-state index in [1.54, 1.807) is 0 Å². The molecule has 2 heterocycles. The third-order valence-corrected chi connectivity index (χ3v) is 5.61. The van der Waals surface area contributed by atoms with Crippen molar-refractivity contribution in [2.75, 3.05) is 32.9 Å². The van der Waals surface area contributed by atoms with Gasteiger partial charge in [0.05, 0.1) is 19.8 Å². The lowest BCUT2D eigenvalue weighted by molar-refractivity contribution is -0.254. The summed E-state index contributed by atoms with van der Waals surface area (Å²) in [6.07, 6.45) is -3.87. The molecular weight excluding hydrogens is 409 g/mol. The maximum atomic E-state index is 12.8. The van der Waals surface area contributed by atoms with Crippen molar-refractivity contribution in [3.8, 4) is 5.75 Å². The minimum Gasteiger partial charge on any atom is -0.491 e. The van der Waals surface area contributed by atoms with E-state index in [1.165, 1.54) is 5.38 Å². The van der Waals surface area contributed by atoms with Gasteiger partial charge in [0.2, 0.25) is 5.79 Å². The molecule has 2 unspecified atom stereocenters. The van der Waals surface area contributed by atoms with Crippen LogP contribution in [0.3, 0.4) is 0 Å². The van der Waals surface area contributed by atoms with Gasteiger partial charge in [-0.1, -0.05) is 12.1 Å². The fourth-order valence-corrected chi connectivity index (χ4v) is 3.95. The summed E-state index contributed by atoms with van der Waals surface area (Å²) in [5, 5.41) is 19.8. The van der Waals surface area contributed by atoms with Crippen molar-refractivity contribution in [1.29, 1.82) is 0 Å². The van der Waals surface area contributed by atoms with Crippen LogP contribution in [0.1, 0.15) is 23.2 Å². The minimum absolute atomic E-state index is 0.0235. The first kappa shape index (κ1) is 22.0. The molecule has 160 valence electrons. The Hall–Kier alpha value is -1.72. The molecule has 1 aliphatic heterocycles. The van der Waals surface area contributed by atoms with Crippen LogP contribution in [0.4, 0.5) is 13.2 Å². The highest BCUT2D eigenvalue weighted by Crippen LogP contribution is 2.36. The Kier molecular flexibility index (Phi) is 6.79. The number of benzene rings is 1. The van der Waals surface area contributed by atoms with Crippen LogP contribution in [0, 0.1) is 0 Å². The van der Waals surface area contributed by atoms with Gasteiger partial charge in [-0.05, 0) is 31.0 Å². The predicted molar refractivity (Wildman–Crippen MR) is 101 cm³/mol. The normalized spacial score (nSPS) is 21.9. The summed E-state index contributed by atoms with van der Waals surface area (Å²) in [5.74, 6) is -1.20. The smallest absolute Gasteiger partial charge is 0.443 e. The Bertz CT molecular complexity index is 799. The molecule has 0 spiro atoms. The number of morpholine rings is 1. The summed E-state index contributed by atoms with van der Waals surface area (Å²) in [6.45, 7) is 2.94. The van der Waals surface area contributed by atoms with Gasteiger partial charge in [0.25, 0.3) is 0 Å². The summed E-state index contributed by atoms with van der Waals surface area (Å²) in [7, 11) is 0. The number of aliphatic hydroxyl groups is 2. The third-order valence-electron chi connectivity index (χ3n) is 4.72. The van der Waals surface area contributed by atoms with E-state index in [4.69, 9.17) is 14.6 Å². The van der Waals surface area contributed by atoms with Gasteiger partial charge in [0.1, 0.15) is 18.1 Å². The van der Waals surface area contributed by atoms with E-state index in [0.717, 1.165) is 5.56 Å². The second-order valence-electron chi connectivity index (χ2n) is 6.91. The second-order valence-corrected chi connectivity index (χ2v) is 7.77. The number of hydrogen-bond acceptors (Lipinski definition) is 7. The average molecular weight is 432 g/mol. The molecule has 1 aromatic carbocycles. The van der Waals surface area contributed by atoms with E-state index in [9.17, 15) is 18.3 Å². The van der Waals surface area contributed by atoms with Crippen molar-refractivity contribution >= 4 is 11.3 Å². The summed E-state index contributed by atoms with van der Waals surface area (Å²) < 4.78 is 49.2. The molecule has 0 radical (unpaired) electrons. The highest BCUT2D eigenvalue weighted by atomic mass is 32.1. The monoisotopic (exact) mass is 432 g/mol. The number of halogens is 3. The van der Waals surface area contributed by atoms with Crippen molar-refractivity contribution in [3.05, 3.63) is 45.9 Å². The van der Waals surface area contributed by atoms with E-state index in [2.05, 4.69) is 4.98 Å². The lowest BCUT2D eigenvalue weighted by Crippen LogP contribution is -2.53. The molecule has 0 aliphatic carbocycles. The molecule has 10 heteroatoms. The molecule has 3 rings (SSSR count). The van der Waals surface area contributed by atoms with E-state index in [0.29, 0.717) is 30.1 Å². The summed E-state index contributed by atoms with van der Waals surface area (Å²) >= 11 is 0.446.